The van der Waals surface area contributed by atoms with E-state index in [-0.39, 0.29) is 5.97 Å². The molecule has 4 aromatic rings. The highest BCUT2D eigenvalue weighted by atomic mass is 16.5. The molecule has 166 valence electrons. The van der Waals surface area contributed by atoms with Crippen molar-refractivity contribution in [2.45, 2.75) is 19.6 Å². The molecule has 0 unspecified atom stereocenters. The van der Waals surface area contributed by atoms with Crippen molar-refractivity contribution in [1.82, 2.24) is 9.97 Å². The van der Waals surface area contributed by atoms with E-state index in [0.717, 1.165) is 28.3 Å². The molecule has 6 heteroatoms. The van der Waals surface area contributed by atoms with Gasteiger partial charge in [0.25, 0.3) is 0 Å². The van der Waals surface area contributed by atoms with Gasteiger partial charge in [-0.05, 0) is 48.9 Å². The number of ether oxygens (including phenoxy) is 2. The van der Waals surface area contributed by atoms with E-state index in [1.807, 2.05) is 95.9 Å². The number of carbonyl (C=O) groups excluding carboxylic acids is 1. The molecule has 0 spiro atoms. The quantitative estimate of drug-likeness (QED) is 0.342. The minimum Gasteiger partial charge on any atom is -0.489 e. The molecule has 0 radical (unpaired) electrons. The smallest absolute Gasteiger partial charge is 0.328 e. The molecular formula is C27H25N3O3. The molecule has 1 heterocycles. The lowest BCUT2D eigenvalue weighted by Crippen LogP contribution is -2.36. The number of rotatable bonds is 8. The predicted octanol–water partition coefficient (Wildman–Crippen LogP) is 5.42. The van der Waals surface area contributed by atoms with E-state index in [1.54, 1.807) is 6.92 Å². The van der Waals surface area contributed by atoms with Crippen molar-refractivity contribution in [3.63, 3.8) is 0 Å². The first kappa shape index (κ1) is 22.0. The number of hydrogen-bond acceptors (Lipinski definition) is 6. The lowest BCUT2D eigenvalue weighted by Gasteiger charge is -2.28. The van der Waals surface area contributed by atoms with Gasteiger partial charge in [-0.2, -0.15) is 0 Å². The van der Waals surface area contributed by atoms with Gasteiger partial charge in [0.15, 0.2) is 0 Å². The minimum absolute atomic E-state index is 0.348. The number of aromatic nitrogens is 2. The summed E-state index contributed by atoms with van der Waals surface area (Å²) >= 11 is 0. The monoisotopic (exact) mass is 439 g/mol. The van der Waals surface area contributed by atoms with E-state index >= 15 is 0 Å². The van der Waals surface area contributed by atoms with Crippen LogP contribution in [0.5, 0.6) is 5.75 Å². The summed E-state index contributed by atoms with van der Waals surface area (Å²) in [5.41, 5.74) is 3.62. The molecule has 0 N–H and O–H groups in total. The SMILES string of the molecule is COC(=O)[C@H](C)N(c1ccccc1)c1cc(-c2ccc(OCc3ccccc3)cc2)ncn1. The third-order valence-electron chi connectivity index (χ3n) is 5.26. The van der Waals surface area contributed by atoms with Gasteiger partial charge in [-0.15, -0.1) is 0 Å². The zero-order valence-corrected chi connectivity index (χ0v) is 18.6. The van der Waals surface area contributed by atoms with Gasteiger partial charge in [0, 0.05) is 17.3 Å². The number of hydrogen-bond donors (Lipinski definition) is 0. The van der Waals surface area contributed by atoms with Crippen LogP contribution in [0.4, 0.5) is 11.5 Å². The summed E-state index contributed by atoms with van der Waals surface area (Å²) in [6, 6.07) is 28.7. The van der Waals surface area contributed by atoms with Gasteiger partial charge < -0.3 is 14.4 Å². The second kappa shape index (κ2) is 10.4. The van der Waals surface area contributed by atoms with E-state index < -0.39 is 6.04 Å². The summed E-state index contributed by atoms with van der Waals surface area (Å²) in [5, 5.41) is 0. The Morgan fingerprint density at radius 3 is 2.24 bits per heavy atom. The average Bonchev–Trinajstić information content (AvgIpc) is 2.89. The number of anilines is 2. The molecule has 6 nitrogen and oxygen atoms in total. The van der Waals surface area contributed by atoms with E-state index in [9.17, 15) is 4.79 Å². The molecule has 1 atom stereocenters. The zero-order valence-electron chi connectivity index (χ0n) is 18.6. The highest BCUT2D eigenvalue weighted by Gasteiger charge is 2.25. The summed E-state index contributed by atoms with van der Waals surface area (Å²) in [6.45, 7) is 2.30. The third kappa shape index (κ3) is 5.36. The molecule has 1 aromatic heterocycles. The van der Waals surface area contributed by atoms with Crippen molar-refractivity contribution in [3.05, 3.63) is 103 Å². The Labute approximate surface area is 193 Å². The summed E-state index contributed by atoms with van der Waals surface area (Å²) < 4.78 is 10.9. The minimum atomic E-state index is -0.561. The van der Waals surface area contributed by atoms with Crippen LogP contribution in [0.15, 0.2) is 97.3 Å². The standard InChI is InChI=1S/C27H25N3O3/c1-20(27(31)32-2)30(23-11-7-4-8-12-23)26-17-25(28-19-29-26)22-13-15-24(16-14-22)33-18-21-9-5-3-6-10-21/h3-17,19-20H,18H2,1-2H3/t20-/m0/s1. The number of benzene rings is 3. The van der Waals surface area contributed by atoms with Crippen molar-refractivity contribution >= 4 is 17.5 Å². The van der Waals surface area contributed by atoms with Crippen LogP contribution in [0.3, 0.4) is 0 Å². The number of nitrogens with zero attached hydrogens (tertiary/aromatic N) is 3. The maximum Gasteiger partial charge on any atom is 0.328 e. The highest BCUT2D eigenvalue weighted by molar-refractivity contribution is 5.83. The molecule has 0 fully saturated rings. The topological polar surface area (TPSA) is 64.5 Å². The molecule has 0 aliphatic heterocycles. The van der Waals surface area contributed by atoms with Crippen LogP contribution >= 0.6 is 0 Å². The fourth-order valence-corrected chi connectivity index (χ4v) is 3.52. The zero-order chi connectivity index (χ0) is 23.0. The van der Waals surface area contributed by atoms with Crippen molar-refractivity contribution < 1.29 is 14.3 Å². The van der Waals surface area contributed by atoms with Gasteiger partial charge in [-0.3, -0.25) is 0 Å². The predicted molar refractivity (Wildman–Crippen MR) is 128 cm³/mol. The average molecular weight is 440 g/mol. The van der Waals surface area contributed by atoms with Gasteiger partial charge in [0.2, 0.25) is 0 Å². The van der Waals surface area contributed by atoms with E-state index in [2.05, 4.69) is 9.97 Å². The largest absolute Gasteiger partial charge is 0.489 e. The van der Waals surface area contributed by atoms with Gasteiger partial charge in [-0.1, -0.05) is 48.5 Å². The van der Waals surface area contributed by atoms with Gasteiger partial charge in [-0.25, -0.2) is 14.8 Å². The Kier molecular flexibility index (Phi) is 6.95. The molecule has 33 heavy (non-hydrogen) atoms. The van der Waals surface area contributed by atoms with Crippen LogP contribution in [0.1, 0.15) is 12.5 Å². The van der Waals surface area contributed by atoms with Crippen LogP contribution in [0, 0.1) is 0 Å². The van der Waals surface area contributed by atoms with Crippen LogP contribution in [-0.2, 0) is 16.1 Å². The Morgan fingerprint density at radius 1 is 0.909 bits per heavy atom. The third-order valence-corrected chi connectivity index (χ3v) is 5.26. The van der Waals surface area contributed by atoms with Crippen molar-refractivity contribution in [2.24, 2.45) is 0 Å². The van der Waals surface area contributed by atoms with Crippen molar-refractivity contribution in [2.75, 3.05) is 12.0 Å². The second-order valence-electron chi connectivity index (χ2n) is 7.46. The number of esters is 1. The summed E-state index contributed by atoms with van der Waals surface area (Å²) in [4.78, 5) is 23.1. The maximum atomic E-state index is 12.3. The fraction of sp³-hybridized carbons (Fsp3) is 0.148. The van der Waals surface area contributed by atoms with Crippen molar-refractivity contribution in [3.8, 4) is 17.0 Å². The van der Waals surface area contributed by atoms with Crippen molar-refractivity contribution in [1.29, 1.82) is 0 Å². The lowest BCUT2D eigenvalue weighted by molar-refractivity contribution is -0.141. The van der Waals surface area contributed by atoms with Gasteiger partial charge in [0.05, 0.1) is 12.8 Å². The molecule has 0 aliphatic carbocycles. The molecule has 0 saturated heterocycles. The number of carbonyl (C=O) groups is 1. The summed E-state index contributed by atoms with van der Waals surface area (Å²) in [7, 11) is 1.38. The van der Waals surface area contributed by atoms with E-state index in [1.165, 1.54) is 13.4 Å². The molecule has 4 rings (SSSR count). The first-order valence-corrected chi connectivity index (χ1v) is 10.7. The van der Waals surface area contributed by atoms with Crippen LogP contribution in [0.25, 0.3) is 11.3 Å². The van der Waals surface area contributed by atoms with Crippen LogP contribution in [0.2, 0.25) is 0 Å². The molecule has 0 bridgehead atoms. The first-order valence-electron chi connectivity index (χ1n) is 10.7. The Balaban J connectivity index is 1.57. The van der Waals surface area contributed by atoms with Crippen LogP contribution in [-0.4, -0.2) is 29.1 Å². The van der Waals surface area contributed by atoms with E-state index in [0.29, 0.717) is 12.4 Å². The lowest BCUT2D eigenvalue weighted by atomic mass is 10.1. The normalized spacial score (nSPS) is 11.5. The maximum absolute atomic E-state index is 12.3. The second-order valence-corrected chi connectivity index (χ2v) is 7.46. The molecule has 0 aliphatic rings. The molecule has 0 saturated carbocycles. The first-order chi connectivity index (χ1) is 16.2. The Morgan fingerprint density at radius 2 is 1.58 bits per heavy atom. The molecule has 0 amide bonds. The highest BCUT2D eigenvalue weighted by Crippen LogP contribution is 2.29. The van der Waals surface area contributed by atoms with Gasteiger partial charge >= 0.3 is 5.97 Å². The summed E-state index contributed by atoms with van der Waals surface area (Å²) in [6.07, 6.45) is 1.50. The number of para-hydroxylation sites is 1. The fourth-order valence-electron chi connectivity index (χ4n) is 3.52. The Hall–Kier alpha value is -4.19. The Bertz CT molecular complexity index is 1180. The van der Waals surface area contributed by atoms with E-state index in [4.69, 9.17) is 9.47 Å². The van der Waals surface area contributed by atoms with Crippen LogP contribution < -0.4 is 9.64 Å². The molecule has 3 aromatic carbocycles. The van der Waals surface area contributed by atoms with Gasteiger partial charge in [0.1, 0.15) is 30.5 Å². The number of methoxy groups -OCH3 is 1. The molecular weight excluding hydrogens is 414 g/mol. The summed E-state index contributed by atoms with van der Waals surface area (Å²) in [5.74, 6) is 1.04.